The van der Waals surface area contributed by atoms with Crippen molar-refractivity contribution in [2.45, 2.75) is 51.7 Å². The number of thiocarbonyl (C=S) groups is 1. The molecule has 8 heteroatoms. The van der Waals surface area contributed by atoms with Crippen molar-refractivity contribution < 1.29 is 14.3 Å². The zero-order valence-electron chi connectivity index (χ0n) is 14.9. The lowest BCUT2D eigenvalue weighted by Crippen LogP contribution is -2.49. The molecule has 1 atom stereocenters. The minimum atomic E-state index is -0.579. The van der Waals surface area contributed by atoms with Crippen LogP contribution in [0.2, 0.25) is 0 Å². The van der Waals surface area contributed by atoms with Crippen LogP contribution in [0.25, 0.3) is 0 Å². The molecular weight excluding hydrogens is 328 g/mol. The number of nitrogens with zero attached hydrogens (tertiary/aromatic N) is 2. The van der Waals surface area contributed by atoms with Crippen LogP contribution in [-0.4, -0.2) is 58.7 Å². The summed E-state index contributed by atoms with van der Waals surface area (Å²) in [7, 11) is 1.79. The molecule has 1 saturated heterocycles. The molecule has 1 fully saturated rings. The van der Waals surface area contributed by atoms with Gasteiger partial charge in [-0.3, -0.25) is 9.69 Å². The molecule has 1 rings (SSSR count). The largest absolute Gasteiger partial charge is 0.444 e. The van der Waals surface area contributed by atoms with E-state index < -0.39 is 17.7 Å². The smallest absolute Gasteiger partial charge is 0.410 e. The standard InChI is InChI=1S/C16H28N4O3S/c1-16(2,3)23-15(22)20-9-6-5-7-12(20)13(21)8-10-19(4)11-18-14(17)24/h8,10,12H,5-7,9,11H2,1-4H3,(H3,17,18,24)/b10-8+. The van der Waals surface area contributed by atoms with E-state index in [1.165, 1.54) is 11.0 Å². The number of hydrogen-bond acceptors (Lipinski definition) is 5. The van der Waals surface area contributed by atoms with Crippen molar-refractivity contribution in [3.05, 3.63) is 12.3 Å². The zero-order chi connectivity index (χ0) is 18.3. The highest BCUT2D eigenvalue weighted by atomic mass is 32.1. The van der Waals surface area contributed by atoms with Gasteiger partial charge < -0.3 is 20.7 Å². The Morgan fingerprint density at radius 2 is 2.08 bits per heavy atom. The first-order valence-corrected chi connectivity index (χ1v) is 8.46. The number of rotatable bonds is 5. The number of nitrogens with one attached hydrogen (secondary N) is 1. The third kappa shape index (κ3) is 7.16. The summed E-state index contributed by atoms with van der Waals surface area (Å²) >= 11 is 4.73. The molecule has 1 unspecified atom stereocenters. The average Bonchev–Trinajstić information content (AvgIpc) is 2.48. The van der Waals surface area contributed by atoms with Crippen LogP contribution in [0.1, 0.15) is 40.0 Å². The fourth-order valence-corrected chi connectivity index (χ4v) is 2.40. The third-order valence-electron chi connectivity index (χ3n) is 3.46. The van der Waals surface area contributed by atoms with Gasteiger partial charge in [-0.25, -0.2) is 4.79 Å². The van der Waals surface area contributed by atoms with Crippen LogP contribution in [-0.2, 0) is 9.53 Å². The quantitative estimate of drug-likeness (QED) is 0.439. The van der Waals surface area contributed by atoms with Gasteiger partial charge >= 0.3 is 6.09 Å². The van der Waals surface area contributed by atoms with Gasteiger partial charge in [-0.05, 0) is 58.3 Å². The van der Waals surface area contributed by atoms with Crippen LogP contribution < -0.4 is 11.1 Å². The molecule has 1 aliphatic rings. The number of nitrogens with two attached hydrogens (primary N) is 1. The summed E-state index contributed by atoms with van der Waals surface area (Å²) in [6.07, 6.45) is 5.14. The minimum absolute atomic E-state index is 0.109. The van der Waals surface area contributed by atoms with E-state index >= 15 is 0 Å². The van der Waals surface area contributed by atoms with E-state index in [9.17, 15) is 9.59 Å². The predicted octanol–water partition coefficient (Wildman–Crippen LogP) is 1.58. The Balaban J connectivity index is 2.68. The summed E-state index contributed by atoms with van der Waals surface area (Å²) in [4.78, 5) is 28.1. The molecular formula is C16H28N4O3S. The van der Waals surface area contributed by atoms with Gasteiger partial charge in [0.05, 0.1) is 12.7 Å². The normalized spacial score (nSPS) is 18.3. The summed E-state index contributed by atoms with van der Waals surface area (Å²) in [5.74, 6) is -0.109. The maximum Gasteiger partial charge on any atom is 0.410 e. The molecule has 0 aliphatic carbocycles. The average molecular weight is 356 g/mol. The monoisotopic (exact) mass is 356 g/mol. The molecule has 136 valence electrons. The highest BCUT2D eigenvalue weighted by Crippen LogP contribution is 2.21. The van der Waals surface area contributed by atoms with E-state index in [1.807, 2.05) is 20.8 Å². The van der Waals surface area contributed by atoms with Crippen LogP contribution in [0.3, 0.4) is 0 Å². The second kappa shape index (κ2) is 8.86. The van der Waals surface area contributed by atoms with Gasteiger partial charge in [-0.15, -0.1) is 0 Å². The lowest BCUT2D eigenvalue weighted by molar-refractivity contribution is -0.120. The van der Waals surface area contributed by atoms with Crippen molar-refractivity contribution in [1.82, 2.24) is 15.1 Å². The fraction of sp³-hybridized carbons (Fsp3) is 0.688. The number of ketones is 1. The second-order valence-electron chi connectivity index (χ2n) is 6.86. The Labute approximate surface area is 149 Å². The third-order valence-corrected chi connectivity index (χ3v) is 3.60. The molecule has 7 nitrogen and oxygen atoms in total. The molecule has 0 bridgehead atoms. The van der Waals surface area contributed by atoms with Gasteiger partial charge in [0, 0.05) is 19.8 Å². The van der Waals surface area contributed by atoms with Crippen LogP contribution in [0.4, 0.5) is 4.79 Å². The van der Waals surface area contributed by atoms with E-state index in [4.69, 9.17) is 22.7 Å². The van der Waals surface area contributed by atoms with E-state index in [2.05, 4.69) is 5.32 Å². The molecule has 1 heterocycles. The Morgan fingerprint density at radius 1 is 1.42 bits per heavy atom. The fourth-order valence-electron chi connectivity index (χ4n) is 2.33. The minimum Gasteiger partial charge on any atom is -0.444 e. The molecule has 0 aromatic heterocycles. The number of ether oxygens (including phenoxy) is 1. The van der Waals surface area contributed by atoms with Gasteiger partial charge in [-0.2, -0.15) is 0 Å². The molecule has 0 spiro atoms. The van der Waals surface area contributed by atoms with Gasteiger partial charge in [0.1, 0.15) is 5.60 Å². The van der Waals surface area contributed by atoms with E-state index in [0.717, 1.165) is 12.8 Å². The maximum absolute atomic E-state index is 12.5. The maximum atomic E-state index is 12.5. The van der Waals surface area contributed by atoms with Crippen LogP contribution in [0.15, 0.2) is 12.3 Å². The van der Waals surface area contributed by atoms with Crippen LogP contribution >= 0.6 is 12.2 Å². The van der Waals surface area contributed by atoms with Gasteiger partial charge in [-0.1, -0.05) is 0 Å². The molecule has 1 amide bonds. The number of carbonyl (C=O) groups excluding carboxylic acids is 2. The second-order valence-corrected chi connectivity index (χ2v) is 7.30. The predicted molar refractivity (Wildman–Crippen MR) is 97.3 cm³/mol. The number of carbonyl (C=O) groups is 2. The van der Waals surface area contributed by atoms with Crippen molar-refractivity contribution >= 4 is 29.2 Å². The zero-order valence-corrected chi connectivity index (χ0v) is 15.7. The van der Waals surface area contributed by atoms with Crippen molar-refractivity contribution in [3.8, 4) is 0 Å². The molecule has 0 radical (unpaired) electrons. The molecule has 0 aromatic rings. The van der Waals surface area contributed by atoms with E-state index in [-0.39, 0.29) is 10.9 Å². The van der Waals surface area contributed by atoms with Crippen LogP contribution in [0.5, 0.6) is 0 Å². The summed E-state index contributed by atoms with van der Waals surface area (Å²) < 4.78 is 5.41. The van der Waals surface area contributed by atoms with E-state index in [0.29, 0.717) is 19.6 Å². The Hall–Kier alpha value is -1.83. The Bertz CT molecular complexity index is 502. The highest BCUT2D eigenvalue weighted by molar-refractivity contribution is 7.80. The van der Waals surface area contributed by atoms with Gasteiger partial charge in [0.25, 0.3) is 0 Å². The summed E-state index contributed by atoms with van der Waals surface area (Å²) in [6, 6.07) is -0.471. The lowest BCUT2D eigenvalue weighted by atomic mass is 9.99. The highest BCUT2D eigenvalue weighted by Gasteiger charge is 2.33. The van der Waals surface area contributed by atoms with Crippen molar-refractivity contribution in [3.63, 3.8) is 0 Å². The number of piperidine rings is 1. The number of likely N-dealkylation sites (tertiary alicyclic amines) is 1. The van der Waals surface area contributed by atoms with Gasteiger partial charge in [0.15, 0.2) is 10.9 Å². The molecule has 3 N–H and O–H groups in total. The molecule has 24 heavy (non-hydrogen) atoms. The first kappa shape index (κ1) is 20.2. The topological polar surface area (TPSA) is 87.9 Å². The SMILES string of the molecule is CN(/C=C/C(=O)C1CCCCN1C(=O)OC(C)(C)C)CNC(N)=S. The Kier molecular flexibility index (Phi) is 7.47. The van der Waals surface area contributed by atoms with Gasteiger partial charge in [0.2, 0.25) is 0 Å². The first-order chi connectivity index (χ1) is 11.1. The number of hydrogen-bond donors (Lipinski definition) is 2. The molecule has 1 aliphatic heterocycles. The van der Waals surface area contributed by atoms with E-state index in [1.54, 1.807) is 18.1 Å². The molecule has 0 aromatic carbocycles. The molecule has 0 saturated carbocycles. The Morgan fingerprint density at radius 3 is 2.67 bits per heavy atom. The summed E-state index contributed by atoms with van der Waals surface area (Å²) in [5, 5.41) is 2.99. The number of amides is 1. The summed E-state index contributed by atoms with van der Waals surface area (Å²) in [5.41, 5.74) is 4.78. The van der Waals surface area contributed by atoms with Crippen molar-refractivity contribution in [2.75, 3.05) is 20.3 Å². The lowest BCUT2D eigenvalue weighted by Gasteiger charge is -2.35. The van der Waals surface area contributed by atoms with Crippen molar-refractivity contribution in [1.29, 1.82) is 0 Å². The van der Waals surface area contributed by atoms with Crippen molar-refractivity contribution in [2.24, 2.45) is 5.73 Å². The summed E-state index contributed by atoms with van der Waals surface area (Å²) in [6.45, 7) is 6.39. The van der Waals surface area contributed by atoms with Crippen LogP contribution in [0, 0.1) is 0 Å². The first-order valence-electron chi connectivity index (χ1n) is 8.05.